The Morgan fingerprint density at radius 2 is 1.94 bits per heavy atom. The van der Waals surface area contributed by atoms with Gasteiger partial charge in [-0.3, -0.25) is 0 Å². The van der Waals surface area contributed by atoms with Crippen LogP contribution in [0.5, 0.6) is 0 Å². The van der Waals surface area contributed by atoms with Crippen molar-refractivity contribution in [1.82, 2.24) is 5.32 Å². The van der Waals surface area contributed by atoms with E-state index in [1.54, 1.807) is 11.3 Å². The second kappa shape index (κ2) is 5.25. The van der Waals surface area contributed by atoms with Crippen LogP contribution in [0.4, 0.5) is 0 Å². The third kappa shape index (κ3) is 2.50. The summed E-state index contributed by atoms with van der Waals surface area (Å²) >= 11 is 1.64. The second-order valence-corrected chi connectivity index (χ2v) is 4.76. The monoisotopic (exact) mass is 233 g/mol. The van der Waals surface area contributed by atoms with Gasteiger partial charge in [0.2, 0.25) is 0 Å². The van der Waals surface area contributed by atoms with Gasteiger partial charge in [-0.15, -0.1) is 11.3 Å². The molecule has 3 heteroatoms. The van der Waals surface area contributed by atoms with Crippen molar-refractivity contribution in [2.45, 2.75) is 6.10 Å². The molecule has 0 aliphatic carbocycles. The molecule has 0 saturated carbocycles. The van der Waals surface area contributed by atoms with Crippen LogP contribution in [0.2, 0.25) is 0 Å². The van der Waals surface area contributed by atoms with Crippen molar-refractivity contribution in [2.24, 2.45) is 0 Å². The van der Waals surface area contributed by atoms with Crippen molar-refractivity contribution in [3.05, 3.63) is 47.3 Å². The SMILES string of the molecule is CNCC(O)c1ccc(-c2ccccc2)s1. The summed E-state index contributed by atoms with van der Waals surface area (Å²) in [5.41, 5.74) is 1.20. The topological polar surface area (TPSA) is 32.3 Å². The first kappa shape index (κ1) is 11.3. The Morgan fingerprint density at radius 1 is 1.19 bits per heavy atom. The summed E-state index contributed by atoms with van der Waals surface area (Å²) in [5.74, 6) is 0. The van der Waals surface area contributed by atoms with E-state index in [4.69, 9.17) is 0 Å². The summed E-state index contributed by atoms with van der Waals surface area (Å²) in [6.07, 6.45) is -0.410. The number of hydrogen-bond acceptors (Lipinski definition) is 3. The molecule has 84 valence electrons. The summed E-state index contributed by atoms with van der Waals surface area (Å²) < 4.78 is 0. The lowest BCUT2D eigenvalue weighted by molar-refractivity contribution is 0.181. The minimum atomic E-state index is -0.410. The maximum Gasteiger partial charge on any atom is 0.101 e. The highest BCUT2D eigenvalue weighted by Gasteiger charge is 2.09. The van der Waals surface area contributed by atoms with Crippen LogP contribution < -0.4 is 5.32 Å². The van der Waals surface area contributed by atoms with E-state index in [1.807, 2.05) is 31.3 Å². The number of benzene rings is 1. The Balaban J connectivity index is 2.20. The number of rotatable bonds is 4. The quantitative estimate of drug-likeness (QED) is 0.851. The molecule has 0 aliphatic heterocycles. The zero-order valence-corrected chi connectivity index (χ0v) is 10.00. The van der Waals surface area contributed by atoms with Crippen molar-refractivity contribution >= 4 is 11.3 Å². The number of nitrogens with one attached hydrogen (secondary N) is 1. The van der Waals surface area contributed by atoms with Crippen LogP contribution in [0, 0.1) is 0 Å². The maximum absolute atomic E-state index is 9.83. The van der Waals surface area contributed by atoms with Crippen molar-refractivity contribution in [1.29, 1.82) is 0 Å². The molecule has 0 fully saturated rings. The van der Waals surface area contributed by atoms with E-state index in [9.17, 15) is 5.11 Å². The van der Waals surface area contributed by atoms with Gasteiger partial charge in [0.1, 0.15) is 6.10 Å². The van der Waals surface area contributed by atoms with Crippen LogP contribution >= 0.6 is 11.3 Å². The van der Waals surface area contributed by atoms with E-state index >= 15 is 0 Å². The third-order valence-electron chi connectivity index (χ3n) is 2.41. The standard InChI is InChI=1S/C13H15NOS/c1-14-9-11(15)13-8-7-12(16-13)10-5-3-2-4-6-10/h2-8,11,14-15H,9H2,1H3. The van der Waals surface area contributed by atoms with Crippen molar-refractivity contribution in [2.75, 3.05) is 13.6 Å². The van der Waals surface area contributed by atoms with Gasteiger partial charge in [-0.05, 0) is 24.7 Å². The van der Waals surface area contributed by atoms with Gasteiger partial charge in [0.25, 0.3) is 0 Å². The lowest BCUT2D eigenvalue weighted by Crippen LogP contribution is -2.15. The minimum absolute atomic E-state index is 0.410. The summed E-state index contributed by atoms with van der Waals surface area (Å²) in [6.45, 7) is 0.592. The lowest BCUT2D eigenvalue weighted by Gasteiger charge is -2.06. The Hall–Kier alpha value is -1.16. The molecule has 1 heterocycles. The van der Waals surface area contributed by atoms with Gasteiger partial charge in [-0.25, -0.2) is 0 Å². The number of thiophene rings is 1. The molecule has 0 amide bonds. The molecule has 2 N–H and O–H groups in total. The zero-order chi connectivity index (χ0) is 11.4. The fourth-order valence-electron chi connectivity index (χ4n) is 1.58. The van der Waals surface area contributed by atoms with Crippen LogP contribution in [0.3, 0.4) is 0 Å². The molecule has 0 bridgehead atoms. The molecule has 0 radical (unpaired) electrons. The first-order chi connectivity index (χ1) is 7.81. The molecule has 0 aliphatic rings. The van der Waals surface area contributed by atoms with Gasteiger partial charge in [-0.1, -0.05) is 30.3 Å². The summed E-state index contributed by atoms with van der Waals surface area (Å²) in [6, 6.07) is 14.3. The average Bonchev–Trinajstić information content (AvgIpc) is 2.80. The van der Waals surface area contributed by atoms with Crippen molar-refractivity contribution in [3.8, 4) is 10.4 Å². The first-order valence-electron chi connectivity index (χ1n) is 5.29. The molecule has 2 aromatic rings. The number of aliphatic hydroxyl groups is 1. The van der Waals surface area contributed by atoms with Gasteiger partial charge in [-0.2, -0.15) is 0 Å². The molecular formula is C13H15NOS. The summed E-state index contributed by atoms with van der Waals surface area (Å²) in [7, 11) is 1.84. The van der Waals surface area contributed by atoms with Gasteiger partial charge < -0.3 is 10.4 Å². The van der Waals surface area contributed by atoms with Crippen molar-refractivity contribution < 1.29 is 5.11 Å². The highest BCUT2D eigenvalue weighted by atomic mass is 32.1. The van der Waals surface area contributed by atoms with Crippen LogP contribution in [0.25, 0.3) is 10.4 Å². The Morgan fingerprint density at radius 3 is 2.62 bits per heavy atom. The lowest BCUT2D eigenvalue weighted by atomic mass is 10.2. The largest absolute Gasteiger partial charge is 0.386 e. The predicted molar refractivity (Wildman–Crippen MR) is 68.6 cm³/mol. The molecule has 16 heavy (non-hydrogen) atoms. The molecule has 1 unspecified atom stereocenters. The van der Waals surface area contributed by atoms with Crippen molar-refractivity contribution in [3.63, 3.8) is 0 Å². The van der Waals surface area contributed by atoms with E-state index in [2.05, 4.69) is 23.5 Å². The van der Waals surface area contributed by atoms with Gasteiger partial charge in [0.05, 0.1) is 0 Å². The van der Waals surface area contributed by atoms with Crippen LogP contribution in [0.15, 0.2) is 42.5 Å². The molecule has 2 rings (SSSR count). The molecule has 2 nitrogen and oxygen atoms in total. The van der Waals surface area contributed by atoms with Gasteiger partial charge in [0.15, 0.2) is 0 Å². The Bertz CT molecular complexity index is 438. The maximum atomic E-state index is 9.83. The van der Waals surface area contributed by atoms with Gasteiger partial charge in [0, 0.05) is 16.3 Å². The zero-order valence-electron chi connectivity index (χ0n) is 9.18. The minimum Gasteiger partial charge on any atom is -0.386 e. The van der Waals surface area contributed by atoms with Crippen LogP contribution in [-0.4, -0.2) is 18.7 Å². The fraction of sp³-hybridized carbons (Fsp3) is 0.231. The average molecular weight is 233 g/mol. The number of hydrogen-bond donors (Lipinski definition) is 2. The third-order valence-corrected chi connectivity index (χ3v) is 3.65. The molecule has 1 aromatic heterocycles. The highest BCUT2D eigenvalue weighted by Crippen LogP contribution is 2.30. The summed E-state index contributed by atoms with van der Waals surface area (Å²) in [5, 5.41) is 12.8. The second-order valence-electron chi connectivity index (χ2n) is 3.64. The van der Waals surface area contributed by atoms with E-state index in [1.165, 1.54) is 10.4 Å². The fourth-order valence-corrected chi connectivity index (χ4v) is 2.58. The van der Waals surface area contributed by atoms with E-state index in [0.29, 0.717) is 6.54 Å². The molecular weight excluding hydrogens is 218 g/mol. The predicted octanol–water partition coefficient (Wildman–Crippen LogP) is 2.67. The van der Waals surface area contributed by atoms with Crippen LogP contribution in [0.1, 0.15) is 11.0 Å². The van der Waals surface area contributed by atoms with E-state index < -0.39 is 6.10 Å². The highest BCUT2D eigenvalue weighted by molar-refractivity contribution is 7.15. The number of aliphatic hydroxyl groups excluding tert-OH is 1. The molecule has 0 saturated heterocycles. The Kier molecular flexibility index (Phi) is 3.72. The van der Waals surface area contributed by atoms with E-state index in [0.717, 1.165) is 4.88 Å². The number of likely N-dealkylation sites (N-methyl/N-ethyl adjacent to an activating group) is 1. The first-order valence-corrected chi connectivity index (χ1v) is 6.10. The molecule has 1 aromatic carbocycles. The smallest absolute Gasteiger partial charge is 0.101 e. The Labute approximate surface area is 99.6 Å². The molecule has 1 atom stereocenters. The molecule has 0 spiro atoms. The summed E-state index contributed by atoms with van der Waals surface area (Å²) in [4.78, 5) is 2.21. The van der Waals surface area contributed by atoms with Gasteiger partial charge >= 0.3 is 0 Å². The van der Waals surface area contributed by atoms with Crippen LogP contribution in [-0.2, 0) is 0 Å². The normalized spacial score (nSPS) is 12.6. The van der Waals surface area contributed by atoms with E-state index in [-0.39, 0.29) is 0 Å².